The number of carbonyl (C=O) groups excluding carboxylic acids is 1. The van der Waals surface area contributed by atoms with E-state index in [4.69, 9.17) is 0 Å². The number of hydrogen-bond acceptors (Lipinski definition) is 4. The highest BCUT2D eigenvalue weighted by atomic mass is 16.5. The molecule has 0 spiro atoms. The lowest BCUT2D eigenvalue weighted by Crippen LogP contribution is -2.48. The maximum Gasteiger partial charge on any atom is 0.259 e. The van der Waals surface area contributed by atoms with E-state index in [-0.39, 0.29) is 25.0 Å². The monoisotopic (exact) mass is 193 g/mol. The summed E-state index contributed by atoms with van der Waals surface area (Å²) in [6.07, 6.45) is 1.69. The fourth-order valence-electron chi connectivity index (χ4n) is 1.42. The van der Waals surface area contributed by atoms with Crippen LogP contribution in [0.25, 0.3) is 0 Å². The summed E-state index contributed by atoms with van der Waals surface area (Å²) in [5.41, 5.74) is 0.832. The maximum absolute atomic E-state index is 11.0. The Morgan fingerprint density at radius 2 is 2.43 bits per heavy atom. The predicted octanol–water partition coefficient (Wildman–Crippen LogP) is -0.0563. The molecule has 0 saturated carbocycles. The van der Waals surface area contributed by atoms with Crippen molar-refractivity contribution in [2.24, 2.45) is 0 Å². The number of hydroxylamine groups is 2. The first-order valence-corrected chi connectivity index (χ1v) is 4.41. The molecule has 0 aliphatic carbocycles. The second-order valence-electron chi connectivity index (χ2n) is 3.16. The fraction of sp³-hybridized carbons (Fsp3) is 0.333. The molecule has 1 unspecified atom stereocenters. The van der Waals surface area contributed by atoms with Gasteiger partial charge < -0.3 is 0 Å². The van der Waals surface area contributed by atoms with Crippen LogP contribution in [0.15, 0.2) is 24.4 Å². The van der Waals surface area contributed by atoms with Gasteiger partial charge >= 0.3 is 0 Å². The topological polar surface area (TPSA) is 65.5 Å². The highest BCUT2D eigenvalue weighted by Gasteiger charge is 2.25. The number of aromatic nitrogens is 1. The van der Waals surface area contributed by atoms with Crippen LogP contribution in [0.1, 0.15) is 11.7 Å². The molecular weight excluding hydrogens is 182 g/mol. The van der Waals surface area contributed by atoms with Crippen molar-refractivity contribution in [3.63, 3.8) is 0 Å². The third-order valence-corrected chi connectivity index (χ3v) is 2.19. The smallest absolute Gasteiger partial charge is 0.259 e. The Morgan fingerprint density at radius 1 is 1.57 bits per heavy atom. The molecule has 5 heteroatoms. The second-order valence-corrected chi connectivity index (χ2v) is 3.16. The summed E-state index contributed by atoms with van der Waals surface area (Å²) in [6, 6.07) is 5.48. The number of nitrogens with zero attached hydrogens (tertiary/aromatic N) is 2. The van der Waals surface area contributed by atoms with E-state index in [1.165, 1.54) is 0 Å². The van der Waals surface area contributed by atoms with Gasteiger partial charge in [0.05, 0.1) is 24.8 Å². The van der Waals surface area contributed by atoms with Gasteiger partial charge in [0.15, 0.2) is 0 Å². The van der Waals surface area contributed by atoms with Gasteiger partial charge in [-0.05, 0) is 12.1 Å². The van der Waals surface area contributed by atoms with Crippen molar-refractivity contribution in [3.05, 3.63) is 30.1 Å². The Morgan fingerprint density at radius 3 is 3.07 bits per heavy atom. The third kappa shape index (κ3) is 1.73. The number of carbonyl (C=O) groups is 1. The first kappa shape index (κ1) is 9.11. The standard InChI is InChI=1S/C9H11N3O2/c13-9-5-11-8(6-12(9)14)7-3-1-2-4-10-7/h1-4,8,11,14H,5-6H2. The number of hydrogen-bond donors (Lipinski definition) is 2. The van der Waals surface area contributed by atoms with Gasteiger partial charge in [-0.1, -0.05) is 6.07 Å². The molecule has 1 aliphatic heterocycles. The highest BCUT2D eigenvalue weighted by molar-refractivity contribution is 5.77. The zero-order valence-electron chi connectivity index (χ0n) is 7.55. The average molecular weight is 193 g/mol. The van der Waals surface area contributed by atoms with E-state index < -0.39 is 0 Å². The van der Waals surface area contributed by atoms with Crippen LogP contribution in [0.3, 0.4) is 0 Å². The first-order chi connectivity index (χ1) is 6.77. The Labute approximate surface area is 81.3 Å². The van der Waals surface area contributed by atoms with Crippen LogP contribution < -0.4 is 5.32 Å². The Kier molecular flexibility index (Phi) is 2.43. The van der Waals surface area contributed by atoms with Crippen molar-refractivity contribution >= 4 is 5.91 Å². The van der Waals surface area contributed by atoms with Gasteiger partial charge in [-0.3, -0.25) is 20.3 Å². The maximum atomic E-state index is 11.0. The largest absolute Gasteiger partial charge is 0.298 e. The van der Waals surface area contributed by atoms with Crippen LogP contribution in [0.4, 0.5) is 0 Å². The van der Waals surface area contributed by atoms with Gasteiger partial charge in [0.1, 0.15) is 0 Å². The molecule has 1 aliphatic rings. The molecule has 14 heavy (non-hydrogen) atoms. The molecule has 1 saturated heterocycles. The molecule has 1 aromatic rings. The highest BCUT2D eigenvalue weighted by Crippen LogP contribution is 2.13. The molecule has 2 heterocycles. The van der Waals surface area contributed by atoms with Crippen molar-refractivity contribution in [2.75, 3.05) is 13.1 Å². The molecule has 2 rings (SSSR count). The van der Waals surface area contributed by atoms with Gasteiger partial charge in [0, 0.05) is 6.20 Å². The molecule has 1 aromatic heterocycles. The molecule has 0 radical (unpaired) electrons. The van der Waals surface area contributed by atoms with Gasteiger partial charge in [-0.25, -0.2) is 5.06 Å². The lowest BCUT2D eigenvalue weighted by atomic mass is 10.1. The predicted molar refractivity (Wildman–Crippen MR) is 48.5 cm³/mol. The molecule has 1 atom stereocenters. The Balaban J connectivity index is 2.11. The van der Waals surface area contributed by atoms with Crippen LogP contribution in [-0.2, 0) is 4.79 Å². The molecule has 1 fully saturated rings. The van der Waals surface area contributed by atoms with Crippen LogP contribution in [-0.4, -0.2) is 34.3 Å². The summed E-state index contributed by atoms with van der Waals surface area (Å²) >= 11 is 0. The van der Waals surface area contributed by atoms with E-state index in [1.54, 1.807) is 6.20 Å². The van der Waals surface area contributed by atoms with Gasteiger partial charge in [0.2, 0.25) is 0 Å². The Bertz CT molecular complexity index is 328. The molecule has 0 bridgehead atoms. The summed E-state index contributed by atoms with van der Waals surface area (Å²) in [5, 5.41) is 13.0. The summed E-state index contributed by atoms with van der Waals surface area (Å²) in [4.78, 5) is 15.1. The second kappa shape index (κ2) is 3.73. The van der Waals surface area contributed by atoms with E-state index in [2.05, 4.69) is 10.3 Å². The summed E-state index contributed by atoms with van der Waals surface area (Å²) in [7, 11) is 0. The van der Waals surface area contributed by atoms with Crippen LogP contribution in [0.2, 0.25) is 0 Å². The summed E-state index contributed by atoms with van der Waals surface area (Å²) < 4.78 is 0. The molecule has 5 nitrogen and oxygen atoms in total. The Hall–Kier alpha value is -1.46. The van der Waals surface area contributed by atoms with Crippen LogP contribution in [0, 0.1) is 0 Å². The van der Waals surface area contributed by atoms with Gasteiger partial charge in [0.25, 0.3) is 5.91 Å². The van der Waals surface area contributed by atoms with Crippen LogP contribution in [0.5, 0.6) is 0 Å². The van der Waals surface area contributed by atoms with E-state index >= 15 is 0 Å². The molecular formula is C9H11N3O2. The fourth-order valence-corrected chi connectivity index (χ4v) is 1.42. The van der Waals surface area contributed by atoms with E-state index in [0.717, 1.165) is 10.8 Å². The number of pyridine rings is 1. The number of piperazine rings is 1. The van der Waals surface area contributed by atoms with Crippen molar-refractivity contribution in [3.8, 4) is 0 Å². The lowest BCUT2D eigenvalue weighted by molar-refractivity contribution is -0.170. The third-order valence-electron chi connectivity index (χ3n) is 2.19. The normalized spacial score (nSPS) is 22.5. The molecule has 0 aromatic carbocycles. The van der Waals surface area contributed by atoms with Crippen LogP contribution >= 0.6 is 0 Å². The van der Waals surface area contributed by atoms with Crippen molar-refractivity contribution < 1.29 is 10.0 Å². The number of amides is 1. The zero-order chi connectivity index (χ0) is 9.97. The quantitative estimate of drug-likeness (QED) is 0.613. The minimum absolute atomic E-state index is 0.0844. The molecule has 2 N–H and O–H groups in total. The SMILES string of the molecule is O=C1CNC(c2ccccn2)CN1O. The first-order valence-electron chi connectivity index (χ1n) is 4.41. The number of rotatable bonds is 1. The lowest BCUT2D eigenvalue weighted by Gasteiger charge is -2.28. The zero-order valence-corrected chi connectivity index (χ0v) is 7.55. The number of nitrogens with one attached hydrogen (secondary N) is 1. The average Bonchev–Trinajstić information content (AvgIpc) is 2.23. The minimum Gasteiger partial charge on any atom is -0.298 e. The van der Waals surface area contributed by atoms with Gasteiger partial charge in [-0.15, -0.1) is 0 Å². The van der Waals surface area contributed by atoms with Gasteiger partial charge in [-0.2, -0.15) is 0 Å². The van der Waals surface area contributed by atoms with E-state index in [0.29, 0.717) is 0 Å². The van der Waals surface area contributed by atoms with Crippen molar-refractivity contribution in [1.29, 1.82) is 0 Å². The molecule has 1 amide bonds. The summed E-state index contributed by atoms with van der Waals surface area (Å²) in [6.45, 7) is 0.396. The van der Waals surface area contributed by atoms with E-state index in [1.807, 2.05) is 18.2 Å². The molecule has 74 valence electrons. The minimum atomic E-state index is -0.308. The van der Waals surface area contributed by atoms with E-state index in [9.17, 15) is 10.0 Å². The summed E-state index contributed by atoms with van der Waals surface area (Å²) in [5.74, 6) is -0.308. The van der Waals surface area contributed by atoms with Crippen molar-refractivity contribution in [1.82, 2.24) is 15.4 Å². The van der Waals surface area contributed by atoms with Crippen molar-refractivity contribution in [2.45, 2.75) is 6.04 Å².